The van der Waals surface area contributed by atoms with Crippen molar-refractivity contribution >= 4 is 43.5 Å². The average Bonchev–Trinajstić information content (AvgIpc) is 3.11. The Bertz CT molecular complexity index is 617. The molecule has 8 heteroatoms. The van der Waals surface area contributed by atoms with Crippen LogP contribution in [0.25, 0.3) is 0 Å². The van der Waals surface area contributed by atoms with Gasteiger partial charge in [0.25, 0.3) is 0 Å². The largest absolute Gasteiger partial charge is 0.353 e. The Balaban J connectivity index is 1.91. The summed E-state index contributed by atoms with van der Waals surface area (Å²) < 4.78 is 27.1. The Kier molecular flexibility index (Phi) is 5.06. The monoisotopic (exact) mass is 380 g/mol. The third-order valence-corrected chi connectivity index (χ3v) is 5.21. The van der Waals surface area contributed by atoms with Crippen LogP contribution in [0.3, 0.4) is 0 Å². The highest BCUT2D eigenvalue weighted by molar-refractivity contribution is 9.10. The molecule has 0 unspecified atom stereocenters. The molecule has 0 heterocycles. The van der Waals surface area contributed by atoms with Gasteiger partial charge in [-0.05, 0) is 31.0 Å². The van der Waals surface area contributed by atoms with E-state index in [1.165, 1.54) is 12.1 Å². The molecule has 20 heavy (non-hydrogen) atoms. The van der Waals surface area contributed by atoms with E-state index in [2.05, 4.69) is 26.0 Å². The Morgan fingerprint density at radius 2 is 2.10 bits per heavy atom. The van der Waals surface area contributed by atoms with Crippen molar-refractivity contribution in [1.82, 2.24) is 10.0 Å². The molecular formula is C12H14BrClN2O3S. The number of carbonyl (C=O) groups is 1. The number of nitrogens with one attached hydrogen (secondary N) is 2. The van der Waals surface area contributed by atoms with Crippen LogP contribution >= 0.6 is 27.5 Å². The van der Waals surface area contributed by atoms with Gasteiger partial charge in [-0.2, -0.15) is 0 Å². The number of rotatable bonds is 6. The van der Waals surface area contributed by atoms with Crippen LogP contribution in [0, 0.1) is 0 Å². The molecule has 2 rings (SSSR count). The molecule has 1 aliphatic carbocycles. The summed E-state index contributed by atoms with van der Waals surface area (Å²) in [6, 6.07) is 4.80. The maximum atomic E-state index is 12.0. The summed E-state index contributed by atoms with van der Waals surface area (Å²) in [4.78, 5) is 11.5. The molecule has 1 aromatic carbocycles. The summed E-state index contributed by atoms with van der Waals surface area (Å²) in [6.45, 7) is 0.0489. The second kappa shape index (κ2) is 6.43. The van der Waals surface area contributed by atoms with Gasteiger partial charge in [0.2, 0.25) is 15.9 Å². The van der Waals surface area contributed by atoms with Crippen molar-refractivity contribution in [1.29, 1.82) is 0 Å². The summed E-state index contributed by atoms with van der Waals surface area (Å²) in [6.07, 6.45) is 2.13. The van der Waals surface area contributed by atoms with Crippen molar-refractivity contribution in [2.24, 2.45) is 0 Å². The summed E-state index contributed by atoms with van der Waals surface area (Å²) >= 11 is 9.12. The number of hydrogen-bond donors (Lipinski definition) is 2. The second-order valence-electron chi connectivity index (χ2n) is 4.56. The summed E-state index contributed by atoms with van der Waals surface area (Å²) in [5, 5.41) is 2.93. The van der Waals surface area contributed by atoms with Gasteiger partial charge in [0.1, 0.15) is 4.90 Å². The molecule has 0 radical (unpaired) electrons. The van der Waals surface area contributed by atoms with Crippen LogP contribution < -0.4 is 10.0 Å². The lowest BCUT2D eigenvalue weighted by atomic mass is 10.4. The Hall–Kier alpha value is -0.630. The van der Waals surface area contributed by atoms with Gasteiger partial charge in [-0.3, -0.25) is 4.79 Å². The lowest BCUT2D eigenvalue weighted by Crippen LogP contribution is -2.31. The van der Waals surface area contributed by atoms with Crippen molar-refractivity contribution in [3.8, 4) is 0 Å². The molecule has 1 amide bonds. The van der Waals surface area contributed by atoms with Crippen LogP contribution in [0.4, 0.5) is 0 Å². The molecule has 110 valence electrons. The quantitative estimate of drug-likeness (QED) is 0.792. The van der Waals surface area contributed by atoms with E-state index >= 15 is 0 Å². The predicted molar refractivity (Wildman–Crippen MR) is 80.1 cm³/mol. The van der Waals surface area contributed by atoms with E-state index in [4.69, 9.17) is 11.6 Å². The topological polar surface area (TPSA) is 75.3 Å². The normalized spacial score (nSPS) is 15.1. The number of benzene rings is 1. The molecule has 0 bridgehead atoms. The minimum atomic E-state index is -3.70. The smallest absolute Gasteiger partial charge is 0.242 e. The van der Waals surface area contributed by atoms with E-state index in [-0.39, 0.29) is 34.8 Å². The predicted octanol–water partition coefficient (Wildman–Crippen LogP) is 2.05. The van der Waals surface area contributed by atoms with Crippen molar-refractivity contribution in [2.45, 2.75) is 30.2 Å². The van der Waals surface area contributed by atoms with Gasteiger partial charge >= 0.3 is 0 Å². The zero-order valence-electron chi connectivity index (χ0n) is 10.5. The van der Waals surface area contributed by atoms with E-state index in [1.807, 2.05) is 0 Å². The summed E-state index contributed by atoms with van der Waals surface area (Å²) in [5.41, 5.74) is 0. The number of hydrogen-bond acceptors (Lipinski definition) is 3. The minimum Gasteiger partial charge on any atom is -0.353 e. The number of amides is 1. The molecule has 0 aromatic heterocycles. The molecule has 1 saturated carbocycles. The SMILES string of the molecule is O=C(CCNS(=O)(=O)c1ccc(Br)cc1Cl)NC1CC1. The van der Waals surface area contributed by atoms with Gasteiger partial charge in [0.15, 0.2) is 0 Å². The lowest BCUT2D eigenvalue weighted by molar-refractivity contribution is -0.121. The van der Waals surface area contributed by atoms with Crippen LogP contribution in [0.2, 0.25) is 5.02 Å². The summed E-state index contributed by atoms with van der Waals surface area (Å²) in [5.74, 6) is -0.142. The van der Waals surface area contributed by atoms with Crippen LogP contribution in [0.1, 0.15) is 19.3 Å². The fourth-order valence-electron chi connectivity index (χ4n) is 1.60. The first-order chi connectivity index (χ1) is 9.38. The minimum absolute atomic E-state index is 0.00460. The van der Waals surface area contributed by atoms with Gasteiger partial charge in [-0.25, -0.2) is 13.1 Å². The van der Waals surface area contributed by atoms with Gasteiger partial charge < -0.3 is 5.32 Å². The highest BCUT2D eigenvalue weighted by Crippen LogP contribution is 2.25. The van der Waals surface area contributed by atoms with Gasteiger partial charge in [-0.15, -0.1) is 0 Å². The molecule has 1 aromatic rings. The number of sulfonamides is 1. The third kappa shape index (κ3) is 4.44. The standard InChI is InChI=1S/C12H14BrClN2O3S/c13-8-1-4-11(10(14)7-8)20(18,19)15-6-5-12(17)16-9-2-3-9/h1,4,7,9,15H,2-3,5-6H2,(H,16,17). The second-order valence-corrected chi connectivity index (χ2v) is 7.62. The number of halogens is 2. The lowest BCUT2D eigenvalue weighted by Gasteiger charge is -2.08. The number of carbonyl (C=O) groups excluding carboxylic acids is 1. The average molecular weight is 382 g/mol. The highest BCUT2D eigenvalue weighted by Gasteiger charge is 2.23. The fourth-order valence-corrected chi connectivity index (χ4v) is 3.66. The first kappa shape index (κ1) is 15.8. The first-order valence-corrected chi connectivity index (χ1v) is 8.78. The summed E-state index contributed by atoms with van der Waals surface area (Å²) in [7, 11) is -3.70. The van der Waals surface area contributed by atoms with Crippen molar-refractivity contribution in [2.75, 3.05) is 6.54 Å². The molecule has 1 aliphatic rings. The van der Waals surface area contributed by atoms with Crippen LogP contribution in [0.5, 0.6) is 0 Å². The van der Waals surface area contributed by atoms with Crippen molar-refractivity contribution in [3.05, 3.63) is 27.7 Å². The Morgan fingerprint density at radius 3 is 2.70 bits per heavy atom. The first-order valence-electron chi connectivity index (χ1n) is 6.12. The van der Waals surface area contributed by atoms with Crippen molar-refractivity contribution < 1.29 is 13.2 Å². The van der Waals surface area contributed by atoms with Crippen LogP contribution in [0.15, 0.2) is 27.6 Å². The maximum absolute atomic E-state index is 12.0. The molecule has 0 atom stereocenters. The van der Waals surface area contributed by atoms with E-state index in [1.54, 1.807) is 6.07 Å². The van der Waals surface area contributed by atoms with E-state index in [0.29, 0.717) is 4.47 Å². The molecule has 5 nitrogen and oxygen atoms in total. The van der Waals surface area contributed by atoms with Gasteiger partial charge in [0.05, 0.1) is 5.02 Å². The fraction of sp³-hybridized carbons (Fsp3) is 0.417. The molecule has 0 spiro atoms. The van der Waals surface area contributed by atoms with E-state index < -0.39 is 10.0 Å². The Morgan fingerprint density at radius 1 is 1.40 bits per heavy atom. The molecule has 0 saturated heterocycles. The van der Waals surface area contributed by atoms with Gasteiger partial charge in [-0.1, -0.05) is 27.5 Å². The van der Waals surface area contributed by atoms with Crippen molar-refractivity contribution in [3.63, 3.8) is 0 Å². The van der Waals surface area contributed by atoms with E-state index in [0.717, 1.165) is 12.8 Å². The molecule has 0 aliphatic heterocycles. The molecule has 1 fully saturated rings. The third-order valence-electron chi connectivity index (χ3n) is 2.77. The van der Waals surface area contributed by atoms with Crippen LogP contribution in [-0.4, -0.2) is 26.9 Å². The zero-order chi connectivity index (χ0) is 14.8. The zero-order valence-corrected chi connectivity index (χ0v) is 13.7. The maximum Gasteiger partial charge on any atom is 0.242 e. The highest BCUT2D eigenvalue weighted by atomic mass is 79.9. The van der Waals surface area contributed by atoms with Crippen LogP contribution in [-0.2, 0) is 14.8 Å². The van der Waals surface area contributed by atoms with Gasteiger partial charge in [0, 0.05) is 23.5 Å². The molecular weight excluding hydrogens is 368 g/mol. The Labute approximate surface area is 131 Å². The molecule has 2 N–H and O–H groups in total. The van der Waals surface area contributed by atoms with E-state index in [9.17, 15) is 13.2 Å².